The van der Waals surface area contributed by atoms with Crippen molar-refractivity contribution in [3.63, 3.8) is 0 Å². The van der Waals surface area contributed by atoms with Crippen LogP contribution >= 0.6 is 0 Å². The van der Waals surface area contributed by atoms with Crippen LogP contribution in [0.4, 0.5) is 0 Å². The number of aromatic nitrogens is 1. The molecule has 2 nitrogen and oxygen atoms in total. The van der Waals surface area contributed by atoms with Crippen LogP contribution in [0.1, 0.15) is 26.5 Å². The van der Waals surface area contributed by atoms with Crippen molar-refractivity contribution in [1.29, 1.82) is 0 Å². The van der Waals surface area contributed by atoms with Gasteiger partial charge in [-0.1, -0.05) is 45.0 Å². The number of nitrogens with zero attached hydrogens (tertiary/aromatic N) is 1. The summed E-state index contributed by atoms with van der Waals surface area (Å²) in [7, 11) is 0. The molecule has 0 saturated heterocycles. The van der Waals surface area contributed by atoms with Crippen LogP contribution in [0.5, 0.6) is 5.88 Å². The maximum Gasteiger partial charge on any atom is 0.211 e. The van der Waals surface area contributed by atoms with Crippen LogP contribution in [0, 0.1) is 0 Å². The summed E-state index contributed by atoms with van der Waals surface area (Å²) in [6.07, 6.45) is 0. The Hall–Kier alpha value is -1.57. The molecule has 0 amide bonds. The molecule has 0 fully saturated rings. The Morgan fingerprint density at radius 1 is 1.13 bits per heavy atom. The molecule has 2 heteroatoms. The first-order chi connectivity index (χ1) is 6.98. The lowest BCUT2D eigenvalue weighted by Gasteiger charge is -2.20. The zero-order valence-corrected chi connectivity index (χ0v) is 9.28. The van der Waals surface area contributed by atoms with Crippen molar-refractivity contribution in [1.82, 2.24) is 4.98 Å². The average Bonchev–Trinajstić information content (AvgIpc) is 2.15. The van der Waals surface area contributed by atoms with Crippen molar-refractivity contribution >= 4 is 10.8 Å². The van der Waals surface area contributed by atoms with Crippen molar-refractivity contribution in [2.45, 2.75) is 26.2 Å². The van der Waals surface area contributed by atoms with Gasteiger partial charge >= 0.3 is 0 Å². The Bertz CT molecular complexity index is 497. The molecular weight excluding hydrogens is 186 g/mol. The normalized spacial score (nSPS) is 11.9. The van der Waals surface area contributed by atoms with E-state index in [4.69, 9.17) is 0 Å². The number of pyridine rings is 1. The third kappa shape index (κ3) is 1.80. The first-order valence-electron chi connectivity index (χ1n) is 5.08. The van der Waals surface area contributed by atoms with E-state index in [1.165, 1.54) is 0 Å². The molecule has 2 rings (SSSR count). The maximum atomic E-state index is 9.56. The van der Waals surface area contributed by atoms with E-state index in [0.29, 0.717) is 0 Å². The van der Waals surface area contributed by atoms with Crippen molar-refractivity contribution in [2.75, 3.05) is 0 Å². The summed E-state index contributed by atoms with van der Waals surface area (Å²) in [6, 6.07) is 9.70. The molecule has 1 heterocycles. The SMILES string of the molecule is CC(C)(C)c1nc(O)cc2ccccc12. The Balaban J connectivity index is 2.83. The van der Waals surface area contributed by atoms with Gasteiger partial charge in [0.05, 0.1) is 5.69 Å². The monoisotopic (exact) mass is 201 g/mol. The second kappa shape index (κ2) is 3.23. The molecule has 0 aliphatic heterocycles. The van der Waals surface area contributed by atoms with Crippen LogP contribution in [0.2, 0.25) is 0 Å². The van der Waals surface area contributed by atoms with E-state index < -0.39 is 0 Å². The molecule has 0 spiro atoms. The van der Waals surface area contributed by atoms with Crippen LogP contribution in [-0.2, 0) is 5.41 Å². The highest BCUT2D eigenvalue weighted by atomic mass is 16.3. The van der Waals surface area contributed by atoms with E-state index in [1.807, 2.05) is 24.3 Å². The highest BCUT2D eigenvalue weighted by Gasteiger charge is 2.19. The molecule has 2 aromatic rings. The van der Waals surface area contributed by atoms with Crippen LogP contribution in [0.25, 0.3) is 10.8 Å². The molecule has 1 aromatic carbocycles. The topological polar surface area (TPSA) is 33.1 Å². The summed E-state index contributed by atoms with van der Waals surface area (Å²) in [5.41, 5.74) is 0.885. The number of rotatable bonds is 0. The van der Waals surface area contributed by atoms with Gasteiger partial charge in [-0.2, -0.15) is 0 Å². The van der Waals surface area contributed by atoms with E-state index in [0.717, 1.165) is 16.5 Å². The standard InChI is InChI=1S/C13H15NO/c1-13(2,3)12-10-7-5-4-6-9(10)8-11(15)14-12/h4-8H,1-3H3,(H,14,15). The third-order valence-corrected chi connectivity index (χ3v) is 2.44. The summed E-state index contributed by atoms with van der Waals surface area (Å²) < 4.78 is 0. The number of hydrogen-bond acceptors (Lipinski definition) is 2. The fourth-order valence-corrected chi connectivity index (χ4v) is 1.76. The van der Waals surface area contributed by atoms with Crippen molar-refractivity contribution < 1.29 is 5.11 Å². The molecule has 0 unspecified atom stereocenters. The summed E-state index contributed by atoms with van der Waals surface area (Å²) in [4.78, 5) is 4.23. The zero-order chi connectivity index (χ0) is 11.1. The Morgan fingerprint density at radius 2 is 1.80 bits per heavy atom. The Kier molecular flexibility index (Phi) is 2.14. The van der Waals surface area contributed by atoms with Crippen LogP contribution < -0.4 is 0 Å². The first kappa shape index (κ1) is 9.97. The molecule has 15 heavy (non-hydrogen) atoms. The average molecular weight is 201 g/mol. The largest absolute Gasteiger partial charge is 0.493 e. The van der Waals surface area contributed by atoms with Gasteiger partial charge in [-0.05, 0) is 5.39 Å². The highest BCUT2D eigenvalue weighted by molar-refractivity contribution is 5.86. The van der Waals surface area contributed by atoms with Gasteiger partial charge in [-0.25, -0.2) is 4.98 Å². The van der Waals surface area contributed by atoms with Crippen LogP contribution in [0.15, 0.2) is 30.3 Å². The lowest BCUT2D eigenvalue weighted by molar-refractivity contribution is 0.444. The predicted molar refractivity (Wildman–Crippen MR) is 62.1 cm³/mol. The van der Waals surface area contributed by atoms with Gasteiger partial charge in [0, 0.05) is 16.9 Å². The van der Waals surface area contributed by atoms with Gasteiger partial charge in [0.15, 0.2) is 0 Å². The van der Waals surface area contributed by atoms with Crippen molar-refractivity contribution in [2.24, 2.45) is 0 Å². The van der Waals surface area contributed by atoms with E-state index in [1.54, 1.807) is 6.07 Å². The quantitative estimate of drug-likeness (QED) is 0.709. The molecule has 1 N–H and O–H groups in total. The minimum atomic E-state index is -0.0572. The fourth-order valence-electron chi connectivity index (χ4n) is 1.76. The second-order valence-corrected chi connectivity index (χ2v) is 4.80. The van der Waals surface area contributed by atoms with E-state index in [2.05, 4.69) is 25.8 Å². The fraction of sp³-hybridized carbons (Fsp3) is 0.308. The lowest BCUT2D eigenvalue weighted by atomic mass is 9.88. The minimum absolute atomic E-state index is 0.0572. The van der Waals surface area contributed by atoms with Gasteiger partial charge in [0.2, 0.25) is 5.88 Å². The van der Waals surface area contributed by atoms with E-state index in [-0.39, 0.29) is 11.3 Å². The van der Waals surface area contributed by atoms with Crippen molar-refractivity contribution in [3.05, 3.63) is 36.0 Å². The summed E-state index contributed by atoms with van der Waals surface area (Å²) in [5, 5.41) is 11.7. The first-order valence-corrected chi connectivity index (χ1v) is 5.08. The van der Waals surface area contributed by atoms with E-state index in [9.17, 15) is 5.11 Å². The molecule has 0 atom stereocenters. The number of fused-ring (bicyclic) bond motifs is 1. The summed E-state index contributed by atoms with van der Waals surface area (Å²) >= 11 is 0. The molecule has 0 aliphatic rings. The molecule has 0 saturated carbocycles. The van der Waals surface area contributed by atoms with Gasteiger partial charge in [-0.3, -0.25) is 0 Å². The van der Waals surface area contributed by atoms with Crippen LogP contribution in [-0.4, -0.2) is 10.1 Å². The Labute approximate surface area is 89.6 Å². The van der Waals surface area contributed by atoms with Gasteiger partial charge in [0.1, 0.15) is 0 Å². The summed E-state index contributed by atoms with van der Waals surface area (Å²) in [6.45, 7) is 6.30. The molecule has 1 aromatic heterocycles. The number of hydrogen-bond donors (Lipinski definition) is 1. The molecule has 0 bridgehead atoms. The molecular formula is C13H15NO. The van der Waals surface area contributed by atoms with Crippen LogP contribution in [0.3, 0.4) is 0 Å². The maximum absolute atomic E-state index is 9.56. The van der Waals surface area contributed by atoms with Gasteiger partial charge in [0.25, 0.3) is 0 Å². The zero-order valence-electron chi connectivity index (χ0n) is 9.28. The second-order valence-electron chi connectivity index (χ2n) is 4.80. The molecule has 78 valence electrons. The predicted octanol–water partition coefficient (Wildman–Crippen LogP) is 3.24. The highest BCUT2D eigenvalue weighted by Crippen LogP contribution is 2.30. The lowest BCUT2D eigenvalue weighted by Crippen LogP contribution is -2.13. The van der Waals surface area contributed by atoms with Gasteiger partial charge < -0.3 is 5.11 Å². The van der Waals surface area contributed by atoms with Gasteiger partial charge in [-0.15, -0.1) is 0 Å². The molecule has 0 aliphatic carbocycles. The number of aromatic hydroxyl groups is 1. The minimum Gasteiger partial charge on any atom is -0.493 e. The third-order valence-electron chi connectivity index (χ3n) is 2.44. The van der Waals surface area contributed by atoms with Crippen molar-refractivity contribution in [3.8, 4) is 5.88 Å². The molecule has 0 radical (unpaired) electrons. The Morgan fingerprint density at radius 3 is 2.47 bits per heavy atom. The van der Waals surface area contributed by atoms with E-state index >= 15 is 0 Å². The summed E-state index contributed by atoms with van der Waals surface area (Å²) in [5.74, 6) is 0.0959. The number of benzene rings is 1. The smallest absolute Gasteiger partial charge is 0.211 e.